The number of amides is 1. The summed E-state index contributed by atoms with van der Waals surface area (Å²) in [6.45, 7) is 1.92. The van der Waals surface area contributed by atoms with E-state index in [1.807, 2.05) is 49.4 Å². The van der Waals surface area contributed by atoms with Gasteiger partial charge in [-0.3, -0.25) is 4.79 Å². The van der Waals surface area contributed by atoms with E-state index in [0.717, 1.165) is 22.6 Å². The van der Waals surface area contributed by atoms with Crippen LogP contribution in [0, 0.1) is 0 Å². The molecule has 0 radical (unpaired) electrons. The van der Waals surface area contributed by atoms with Crippen LogP contribution in [-0.4, -0.2) is 27.2 Å². The molecule has 1 amide bonds. The number of carbonyl (C=O) groups excluding carboxylic acids is 1. The minimum atomic E-state index is -0.194. The third-order valence-corrected chi connectivity index (χ3v) is 3.80. The van der Waals surface area contributed by atoms with Crippen molar-refractivity contribution in [1.82, 2.24) is 5.32 Å². The fourth-order valence-electron chi connectivity index (χ4n) is 2.48. The van der Waals surface area contributed by atoms with Crippen molar-refractivity contribution in [3.63, 3.8) is 0 Å². The van der Waals surface area contributed by atoms with Crippen LogP contribution in [0.3, 0.4) is 0 Å². The lowest BCUT2D eigenvalue weighted by atomic mass is 10.1. The first-order valence-corrected chi connectivity index (χ1v) is 7.71. The van der Waals surface area contributed by atoms with E-state index in [9.17, 15) is 4.79 Å². The fraction of sp³-hybridized carbons (Fsp3) is 0.316. The van der Waals surface area contributed by atoms with Crippen LogP contribution in [-0.2, 0) is 11.2 Å². The first kappa shape index (κ1) is 17.7. The number of carbonyl (C=O) groups is 1. The minimum Gasteiger partial charge on any atom is -0.497 e. The molecule has 0 unspecified atom stereocenters. The normalized spacial score (nSPS) is 11.5. The van der Waals surface area contributed by atoms with Crippen LogP contribution in [0.5, 0.6) is 17.2 Å². The van der Waals surface area contributed by atoms with Crippen LogP contribution in [0.4, 0.5) is 0 Å². The van der Waals surface area contributed by atoms with Gasteiger partial charge in [0.05, 0.1) is 33.8 Å². The SMILES string of the molecule is COc1ccc(CC(=O)N[C@@H](C)c2cc(OC)ccc2OC)cc1. The minimum absolute atomic E-state index is 0.0578. The lowest BCUT2D eigenvalue weighted by molar-refractivity contribution is -0.121. The van der Waals surface area contributed by atoms with Gasteiger partial charge in [0.1, 0.15) is 17.2 Å². The molecule has 2 rings (SSSR count). The Morgan fingerprint density at radius 1 is 0.958 bits per heavy atom. The highest BCUT2D eigenvalue weighted by Crippen LogP contribution is 2.29. The molecule has 0 aliphatic rings. The van der Waals surface area contributed by atoms with Gasteiger partial charge >= 0.3 is 0 Å². The standard InChI is InChI=1S/C19H23NO4/c1-13(17-12-16(23-3)9-10-18(17)24-4)20-19(21)11-14-5-7-15(22-2)8-6-14/h5-10,12-13H,11H2,1-4H3,(H,20,21)/t13-/m0/s1. The average Bonchev–Trinajstić information content (AvgIpc) is 2.61. The molecule has 0 aromatic heterocycles. The van der Waals surface area contributed by atoms with Crippen molar-refractivity contribution in [3.8, 4) is 17.2 Å². The maximum absolute atomic E-state index is 12.3. The van der Waals surface area contributed by atoms with Gasteiger partial charge < -0.3 is 19.5 Å². The maximum Gasteiger partial charge on any atom is 0.224 e. The summed E-state index contributed by atoms with van der Waals surface area (Å²) in [5, 5.41) is 2.99. The molecule has 0 fully saturated rings. The number of hydrogen-bond donors (Lipinski definition) is 1. The molecule has 2 aromatic rings. The summed E-state index contributed by atoms with van der Waals surface area (Å²) >= 11 is 0. The number of rotatable bonds is 7. The van der Waals surface area contributed by atoms with Gasteiger partial charge in [-0.25, -0.2) is 0 Å². The van der Waals surface area contributed by atoms with Crippen LogP contribution < -0.4 is 19.5 Å². The van der Waals surface area contributed by atoms with Crippen molar-refractivity contribution in [1.29, 1.82) is 0 Å². The molecule has 0 aliphatic heterocycles. The Kier molecular flexibility index (Phi) is 6.07. The molecule has 0 saturated heterocycles. The van der Waals surface area contributed by atoms with Crippen LogP contribution in [0.15, 0.2) is 42.5 Å². The first-order valence-electron chi connectivity index (χ1n) is 7.71. The second-order valence-electron chi connectivity index (χ2n) is 5.42. The van der Waals surface area contributed by atoms with Gasteiger partial charge in [-0.05, 0) is 42.8 Å². The van der Waals surface area contributed by atoms with E-state index in [0.29, 0.717) is 12.2 Å². The molecule has 5 nitrogen and oxygen atoms in total. The van der Waals surface area contributed by atoms with Crippen molar-refractivity contribution < 1.29 is 19.0 Å². The van der Waals surface area contributed by atoms with Gasteiger partial charge in [0.15, 0.2) is 0 Å². The predicted molar refractivity (Wildman–Crippen MR) is 92.8 cm³/mol. The van der Waals surface area contributed by atoms with Crippen molar-refractivity contribution in [2.45, 2.75) is 19.4 Å². The molecule has 0 heterocycles. The van der Waals surface area contributed by atoms with Crippen LogP contribution in [0.1, 0.15) is 24.1 Å². The van der Waals surface area contributed by atoms with E-state index < -0.39 is 0 Å². The number of methoxy groups -OCH3 is 3. The Morgan fingerprint density at radius 3 is 2.17 bits per heavy atom. The van der Waals surface area contributed by atoms with Crippen molar-refractivity contribution >= 4 is 5.91 Å². The third kappa shape index (κ3) is 4.41. The molecule has 0 saturated carbocycles. The van der Waals surface area contributed by atoms with Crippen LogP contribution in [0.2, 0.25) is 0 Å². The molecule has 5 heteroatoms. The highest BCUT2D eigenvalue weighted by atomic mass is 16.5. The maximum atomic E-state index is 12.3. The molecular formula is C19H23NO4. The first-order chi connectivity index (χ1) is 11.6. The number of hydrogen-bond acceptors (Lipinski definition) is 4. The van der Waals surface area contributed by atoms with E-state index in [1.54, 1.807) is 21.3 Å². The molecule has 1 atom stereocenters. The monoisotopic (exact) mass is 329 g/mol. The van der Waals surface area contributed by atoms with Crippen molar-refractivity contribution in [2.75, 3.05) is 21.3 Å². The lowest BCUT2D eigenvalue weighted by Gasteiger charge is -2.18. The summed E-state index contributed by atoms with van der Waals surface area (Å²) in [6, 6.07) is 12.8. The average molecular weight is 329 g/mol. The lowest BCUT2D eigenvalue weighted by Crippen LogP contribution is -2.28. The van der Waals surface area contributed by atoms with E-state index in [-0.39, 0.29) is 11.9 Å². The Balaban J connectivity index is 2.05. The Labute approximate surface area is 142 Å². The zero-order chi connectivity index (χ0) is 17.5. The van der Waals surface area contributed by atoms with E-state index >= 15 is 0 Å². The second-order valence-corrected chi connectivity index (χ2v) is 5.42. The summed E-state index contributed by atoms with van der Waals surface area (Å²) in [5.41, 5.74) is 1.80. The van der Waals surface area contributed by atoms with E-state index in [4.69, 9.17) is 14.2 Å². The Hall–Kier alpha value is -2.69. The fourth-order valence-corrected chi connectivity index (χ4v) is 2.48. The molecule has 1 N–H and O–H groups in total. The van der Waals surface area contributed by atoms with Crippen molar-refractivity contribution in [3.05, 3.63) is 53.6 Å². The number of ether oxygens (including phenoxy) is 3. The van der Waals surface area contributed by atoms with Crippen LogP contribution in [0.25, 0.3) is 0 Å². The summed E-state index contributed by atoms with van der Waals surface area (Å²) in [6.07, 6.45) is 0.306. The number of benzene rings is 2. The number of nitrogens with one attached hydrogen (secondary N) is 1. The molecule has 128 valence electrons. The highest BCUT2D eigenvalue weighted by Gasteiger charge is 2.15. The molecule has 0 bridgehead atoms. The highest BCUT2D eigenvalue weighted by molar-refractivity contribution is 5.79. The van der Waals surface area contributed by atoms with Crippen molar-refractivity contribution in [2.24, 2.45) is 0 Å². The van der Waals surface area contributed by atoms with Crippen LogP contribution >= 0.6 is 0 Å². The zero-order valence-corrected chi connectivity index (χ0v) is 14.5. The molecule has 2 aromatic carbocycles. The molecular weight excluding hydrogens is 306 g/mol. The smallest absolute Gasteiger partial charge is 0.224 e. The third-order valence-electron chi connectivity index (χ3n) is 3.80. The molecule has 0 spiro atoms. The van der Waals surface area contributed by atoms with E-state index in [2.05, 4.69) is 5.32 Å². The van der Waals surface area contributed by atoms with Gasteiger partial charge in [0.25, 0.3) is 0 Å². The largest absolute Gasteiger partial charge is 0.497 e. The Morgan fingerprint density at radius 2 is 1.58 bits per heavy atom. The summed E-state index contributed by atoms with van der Waals surface area (Å²) in [4.78, 5) is 12.3. The quantitative estimate of drug-likeness (QED) is 0.848. The summed E-state index contributed by atoms with van der Waals surface area (Å²) < 4.78 is 15.7. The Bertz CT molecular complexity index is 682. The summed E-state index contributed by atoms with van der Waals surface area (Å²) in [7, 11) is 4.83. The van der Waals surface area contributed by atoms with Gasteiger partial charge in [0.2, 0.25) is 5.91 Å². The zero-order valence-electron chi connectivity index (χ0n) is 14.5. The van der Waals surface area contributed by atoms with Gasteiger partial charge in [0, 0.05) is 5.56 Å². The molecule has 0 aliphatic carbocycles. The second kappa shape index (κ2) is 8.24. The van der Waals surface area contributed by atoms with Gasteiger partial charge in [-0.15, -0.1) is 0 Å². The van der Waals surface area contributed by atoms with Gasteiger partial charge in [-0.2, -0.15) is 0 Å². The predicted octanol–water partition coefficient (Wildman–Crippen LogP) is 3.13. The van der Waals surface area contributed by atoms with Gasteiger partial charge in [-0.1, -0.05) is 12.1 Å². The van der Waals surface area contributed by atoms with E-state index in [1.165, 1.54) is 0 Å². The molecule has 24 heavy (non-hydrogen) atoms. The summed E-state index contributed by atoms with van der Waals surface area (Å²) in [5.74, 6) is 2.15. The topological polar surface area (TPSA) is 56.8 Å².